The van der Waals surface area contributed by atoms with Gasteiger partial charge in [-0.3, -0.25) is 4.79 Å². The van der Waals surface area contributed by atoms with Crippen LogP contribution in [0.1, 0.15) is 41.5 Å². The van der Waals surface area contributed by atoms with Gasteiger partial charge in [-0.05, 0) is 53.4 Å². The van der Waals surface area contributed by atoms with Crippen molar-refractivity contribution in [3.63, 3.8) is 0 Å². The van der Waals surface area contributed by atoms with Crippen LogP contribution >= 0.6 is 0 Å². The maximum atomic E-state index is 12.3. The summed E-state index contributed by atoms with van der Waals surface area (Å²) in [4.78, 5) is 12.3. The van der Waals surface area contributed by atoms with Crippen molar-refractivity contribution in [2.45, 2.75) is 19.3 Å². The van der Waals surface area contributed by atoms with Gasteiger partial charge in [-0.1, -0.05) is 12.1 Å². The topological polar surface area (TPSA) is 83.1 Å². The summed E-state index contributed by atoms with van der Waals surface area (Å²) >= 11 is 0. The second-order valence-corrected chi connectivity index (χ2v) is 6.00. The smallest absolute Gasteiger partial charge is 0.306 e. The lowest BCUT2D eigenvalue weighted by Gasteiger charge is -2.13. The Morgan fingerprint density at radius 2 is 1.58 bits per heavy atom. The molecule has 1 aliphatic rings. The highest BCUT2D eigenvalue weighted by Gasteiger charge is 2.31. The number of nitriles is 2. The molecule has 3 rings (SSSR count). The van der Waals surface area contributed by atoms with Crippen LogP contribution in [0.3, 0.4) is 0 Å². The third kappa shape index (κ3) is 3.44. The van der Waals surface area contributed by atoms with Crippen LogP contribution < -0.4 is 0 Å². The summed E-state index contributed by atoms with van der Waals surface area (Å²) < 4.78 is 10.4. The van der Waals surface area contributed by atoms with Crippen LogP contribution in [-0.4, -0.2) is 25.8 Å². The molecule has 1 aliphatic carbocycles. The fourth-order valence-electron chi connectivity index (χ4n) is 3.30. The van der Waals surface area contributed by atoms with Gasteiger partial charge in [0.2, 0.25) is 0 Å². The lowest BCUT2D eigenvalue weighted by atomic mass is 9.92. The number of carbonyl (C=O) groups excluding carboxylic acids is 1. The third-order valence-corrected chi connectivity index (χ3v) is 4.47. The molecule has 26 heavy (non-hydrogen) atoms. The van der Waals surface area contributed by atoms with E-state index >= 15 is 0 Å². The van der Waals surface area contributed by atoms with Crippen molar-refractivity contribution in [3.8, 4) is 23.3 Å². The summed E-state index contributed by atoms with van der Waals surface area (Å²) in [5, 5.41) is 18.4. The Labute approximate surface area is 152 Å². The summed E-state index contributed by atoms with van der Waals surface area (Å²) in [5.74, 6) is -0.542. The molecule has 0 amide bonds. The van der Waals surface area contributed by atoms with Crippen molar-refractivity contribution in [2.24, 2.45) is 0 Å². The molecule has 5 nitrogen and oxygen atoms in total. The van der Waals surface area contributed by atoms with E-state index < -0.39 is 0 Å². The molecule has 0 aromatic heterocycles. The van der Waals surface area contributed by atoms with Gasteiger partial charge < -0.3 is 9.47 Å². The van der Waals surface area contributed by atoms with Crippen molar-refractivity contribution in [1.29, 1.82) is 10.5 Å². The van der Waals surface area contributed by atoms with Gasteiger partial charge in [0.15, 0.2) is 0 Å². The van der Waals surface area contributed by atoms with E-state index in [0.717, 1.165) is 22.3 Å². The van der Waals surface area contributed by atoms with Crippen LogP contribution in [0.4, 0.5) is 0 Å². The summed E-state index contributed by atoms with van der Waals surface area (Å²) in [7, 11) is 0. The predicted molar refractivity (Wildman–Crippen MR) is 95.2 cm³/mol. The minimum Gasteiger partial charge on any atom is -0.463 e. The third-order valence-electron chi connectivity index (χ3n) is 4.47. The minimum absolute atomic E-state index is 0.163. The Balaban J connectivity index is 1.90. The van der Waals surface area contributed by atoms with Crippen LogP contribution in [0.2, 0.25) is 0 Å². The number of esters is 1. The summed E-state index contributed by atoms with van der Waals surface area (Å²) in [6, 6.07) is 15.3. The van der Waals surface area contributed by atoms with Crippen molar-refractivity contribution in [1.82, 2.24) is 0 Å². The van der Waals surface area contributed by atoms with Gasteiger partial charge in [0.25, 0.3) is 0 Å². The first-order chi connectivity index (χ1) is 12.7. The number of fused-ring (bicyclic) bond motifs is 3. The number of ether oxygens (including phenoxy) is 2. The molecule has 130 valence electrons. The standard InChI is InChI=1S/C21H18N2O3/c1-2-25-7-8-26-21(24)11-20-18-9-14(12-22)3-5-16(18)17-6-4-15(13-23)10-19(17)20/h3-6,9-10,20H,2,7-8,11H2,1H3. The zero-order valence-electron chi connectivity index (χ0n) is 14.5. The van der Waals surface area contributed by atoms with Gasteiger partial charge >= 0.3 is 5.97 Å². The second-order valence-electron chi connectivity index (χ2n) is 6.00. The maximum Gasteiger partial charge on any atom is 0.306 e. The van der Waals surface area contributed by atoms with Gasteiger partial charge in [-0.25, -0.2) is 0 Å². The van der Waals surface area contributed by atoms with Crippen LogP contribution in [-0.2, 0) is 14.3 Å². The van der Waals surface area contributed by atoms with E-state index in [1.807, 2.05) is 31.2 Å². The molecule has 2 aromatic carbocycles. The average Bonchev–Trinajstić information content (AvgIpc) is 2.97. The minimum atomic E-state index is -0.321. The van der Waals surface area contributed by atoms with Crippen molar-refractivity contribution >= 4 is 5.97 Å². The van der Waals surface area contributed by atoms with Crippen LogP contribution in [0.5, 0.6) is 0 Å². The Morgan fingerprint density at radius 3 is 2.08 bits per heavy atom. The summed E-state index contributed by atoms with van der Waals surface area (Å²) in [6.45, 7) is 3.05. The Morgan fingerprint density at radius 1 is 1.00 bits per heavy atom. The number of carbonyl (C=O) groups is 1. The van der Waals surface area contributed by atoms with Crippen LogP contribution in [0.15, 0.2) is 36.4 Å². The molecule has 5 heteroatoms. The van der Waals surface area contributed by atoms with Gasteiger partial charge in [-0.2, -0.15) is 10.5 Å². The van der Waals surface area contributed by atoms with Crippen LogP contribution in [0.25, 0.3) is 11.1 Å². The Bertz CT molecular complexity index is 858. The molecular weight excluding hydrogens is 328 g/mol. The number of hydrogen-bond acceptors (Lipinski definition) is 5. The van der Waals surface area contributed by atoms with Gasteiger partial charge in [0.05, 0.1) is 36.3 Å². The molecule has 0 radical (unpaired) electrons. The average molecular weight is 346 g/mol. The van der Waals surface area contributed by atoms with Crippen LogP contribution in [0, 0.1) is 22.7 Å². The first-order valence-electron chi connectivity index (χ1n) is 8.49. The van der Waals surface area contributed by atoms with Crippen molar-refractivity contribution in [3.05, 3.63) is 58.7 Å². The second kappa shape index (κ2) is 7.82. The SMILES string of the molecule is CCOCCOC(=O)CC1c2cc(C#N)ccc2-c2ccc(C#N)cc21. The van der Waals surface area contributed by atoms with E-state index in [1.54, 1.807) is 12.1 Å². The number of rotatable bonds is 6. The van der Waals surface area contributed by atoms with Gasteiger partial charge in [-0.15, -0.1) is 0 Å². The normalized spacial score (nSPS) is 12.0. The molecule has 0 spiro atoms. The van der Waals surface area contributed by atoms with E-state index in [4.69, 9.17) is 9.47 Å². The first-order valence-corrected chi connectivity index (χ1v) is 8.49. The molecule has 0 saturated carbocycles. The number of nitrogens with zero attached hydrogens (tertiary/aromatic N) is 2. The fraction of sp³-hybridized carbons (Fsp3) is 0.286. The highest BCUT2D eigenvalue weighted by molar-refractivity contribution is 5.83. The zero-order valence-corrected chi connectivity index (χ0v) is 14.5. The molecule has 0 saturated heterocycles. The molecule has 0 aliphatic heterocycles. The Hall–Kier alpha value is -3.15. The molecule has 0 fully saturated rings. The monoisotopic (exact) mass is 346 g/mol. The van der Waals surface area contributed by atoms with Crippen molar-refractivity contribution < 1.29 is 14.3 Å². The Kier molecular flexibility index (Phi) is 5.31. The zero-order chi connectivity index (χ0) is 18.5. The van der Waals surface area contributed by atoms with E-state index in [1.165, 1.54) is 0 Å². The fourth-order valence-corrected chi connectivity index (χ4v) is 3.30. The molecule has 0 heterocycles. The molecule has 2 aromatic rings. The molecule has 0 unspecified atom stereocenters. The van der Waals surface area contributed by atoms with E-state index in [2.05, 4.69) is 12.1 Å². The highest BCUT2D eigenvalue weighted by atomic mass is 16.6. The highest BCUT2D eigenvalue weighted by Crippen LogP contribution is 2.47. The summed E-state index contributed by atoms with van der Waals surface area (Å²) in [5.41, 5.74) is 4.94. The van der Waals surface area contributed by atoms with E-state index in [0.29, 0.717) is 24.3 Å². The van der Waals surface area contributed by atoms with Gasteiger partial charge in [0.1, 0.15) is 6.61 Å². The van der Waals surface area contributed by atoms with Crippen molar-refractivity contribution in [2.75, 3.05) is 19.8 Å². The largest absolute Gasteiger partial charge is 0.463 e. The van der Waals surface area contributed by atoms with E-state index in [9.17, 15) is 15.3 Å². The number of hydrogen-bond donors (Lipinski definition) is 0. The van der Waals surface area contributed by atoms with Gasteiger partial charge in [0, 0.05) is 12.5 Å². The lowest BCUT2D eigenvalue weighted by Crippen LogP contribution is -2.13. The van der Waals surface area contributed by atoms with E-state index in [-0.39, 0.29) is 24.9 Å². The maximum absolute atomic E-state index is 12.3. The summed E-state index contributed by atoms with van der Waals surface area (Å²) in [6.07, 6.45) is 0.163. The number of benzene rings is 2. The molecular formula is C21H18N2O3. The first kappa shape index (κ1) is 17.7. The molecule has 0 N–H and O–H groups in total. The molecule has 0 atom stereocenters. The lowest BCUT2D eigenvalue weighted by molar-refractivity contribution is -0.145. The quantitative estimate of drug-likeness (QED) is 0.590. The predicted octanol–water partition coefficient (Wildman–Crippen LogP) is 3.51. The molecule has 0 bridgehead atoms.